The molecule has 0 spiro atoms. The molecule has 1 atom stereocenters. The van der Waals surface area contributed by atoms with Gasteiger partial charge >= 0.3 is 0 Å². The number of hydrogen-bond acceptors (Lipinski definition) is 3. The molecule has 5 nitrogen and oxygen atoms in total. The van der Waals surface area contributed by atoms with Crippen LogP contribution in [0.2, 0.25) is 0 Å². The molecule has 1 saturated carbocycles. The summed E-state index contributed by atoms with van der Waals surface area (Å²) in [5.74, 6) is 1.26. The second-order valence-electron chi connectivity index (χ2n) is 6.49. The van der Waals surface area contributed by atoms with Crippen LogP contribution in [-0.2, 0) is 4.79 Å². The predicted molar refractivity (Wildman–Crippen MR) is 82.7 cm³/mol. The third-order valence-corrected chi connectivity index (χ3v) is 4.85. The Morgan fingerprint density at radius 1 is 1.43 bits per heavy atom. The highest BCUT2D eigenvalue weighted by Gasteiger charge is 2.29. The van der Waals surface area contributed by atoms with Crippen LogP contribution in [0.5, 0.6) is 0 Å². The van der Waals surface area contributed by atoms with Gasteiger partial charge in [0.15, 0.2) is 0 Å². The first-order valence-electron chi connectivity index (χ1n) is 7.90. The van der Waals surface area contributed by atoms with E-state index in [-0.39, 0.29) is 5.91 Å². The zero-order chi connectivity index (χ0) is 14.8. The Labute approximate surface area is 125 Å². The van der Waals surface area contributed by atoms with Crippen molar-refractivity contribution in [1.29, 1.82) is 0 Å². The summed E-state index contributed by atoms with van der Waals surface area (Å²) < 4.78 is 0. The van der Waals surface area contributed by atoms with Gasteiger partial charge in [-0.3, -0.25) is 9.89 Å². The third kappa shape index (κ3) is 3.12. The van der Waals surface area contributed by atoms with E-state index < -0.39 is 0 Å². The summed E-state index contributed by atoms with van der Waals surface area (Å²) >= 11 is 0. The number of nitrogens with one attached hydrogen (secondary N) is 1. The number of likely N-dealkylation sites (tertiary alicyclic amines) is 1. The molecule has 3 rings (SSSR count). The van der Waals surface area contributed by atoms with Crippen LogP contribution in [0.15, 0.2) is 17.8 Å². The molecule has 1 aliphatic carbocycles. The standard InChI is InChI=1S/C16H24N4O/c1-11-2-4-12(5-3-11)8-15(21)20-7-6-13(10-20)16-14(17)9-18-19-16/h8-9,11,13H,2-7,10,17H2,1H3,(H,18,19). The Morgan fingerprint density at radius 2 is 2.19 bits per heavy atom. The maximum absolute atomic E-state index is 12.4. The van der Waals surface area contributed by atoms with Crippen molar-refractivity contribution >= 4 is 11.6 Å². The van der Waals surface area contributed by atoms with Crippen LogP contribution >= 0.6 is 0 Å². The van der Waals surface area contributed by atoms with Gasteiger partial charge < -0.3 is 10.6 Å². The van der Waals surface area contributed by atoms with Crippen molar-refractivity contribution in [3.63, 3.8) is 0 Å². The first kappa shape index (κ1) is 14.2. The average Bonchev–Trinajstić information content (AvgIpc) is 3.09. The van der Waals surface area contributed by atoms with Crippen molar-refractivity contribution in [2.45, 2.75) is 44.9 Å². The number of nitrogen functional groups attached to an aromatic ring is 1. The lowest BCUT2D eigenvalue weighted by Crippen LogP contribution is -2.27. The van der Waals surface area contributed by atoms with E-state index in [4.69, 9.17) is 5.73 Å². The first-order valence-corrected chi connectivity index (χ1v) is 7.90. The van der Waals surface area contributed by atoms with Crippen molar-refractivity contribution in [2.24, 2.45) is 5.92 Å². The Morgan fingerprint density at radius 3 is 2.86 bits per heavy atom. The van der Waals surface area contributed by atoms with E-state index in [1.165, 1.54) is 18.4 Å². The second kappa shape index (κ2) is 5.92. The molecule has 1 aromatic rings. The van der Waals surface area contributed by atoms with Crippen LogP contribution in [-0.4, -0.2) is 34.1 Å². The molecule has 2 heterocycles. The molecule has 1 saturated heterocycles. The summed E-state index contributed by atoms with van der Waals surface area (Å²) in [6.07, 6.45) is 9.07. The van der Waals surface area contributed by atoms with E-state index in [0.29, 0.717) is 11.6 Å². The molecule has 5 heteroatoms. The highest BCUT2D eigenvalue weighted by molar-refractivity contribution is 5.88. The van der Waals surface area contributed by atoms with Gasteiger partial charge in [-0.1, -0.05) is 12.5 Å². The molecular formula is C16H24N4O. The lowest BCUT2D eigenvalue weighted by Gasteiger charge is -2.21. The summed E-state index contributed by atoms with van der Waals surface area (Å²) in [5.41, 5.74) is 8.90. The van der Waals surface area contributed by atoms with E-state index in [1.807, 2.05) is 11.0 Å². The number of aromatic amines is 1. The monoisotopic (exact) mass is 288 g/mol. The fraction of sp³-hybridized carbons (Fsp3) is 0.625. The lowest BCUT2D eigenvalue weighted by molar-refractivity contribution is -0.125. The number of allylic oxidation sites excluding steroid dienone is 1. The average molecular weight is 288 g/mol. The number of carbonyl (C=O) groups is 1. The summed E-state index contributed by atoms with van der Waals surface area (Å²) in [5, 5.41) is 6.94. The maximum Gasteiger partial charge on any atom is 0.246 e. The quantitative estimate of drug-likeness (QED) is 0.821. The molecule has 2 aliphatic rings. The Balaban J connectivity index is 1.60. The second-order valence-corrected chi connectivity index (χ2v) is 6.49. The number of nitrogens with two attached hydrogens (primary N) is 1. The van der Waals surface area contributed by atoms with Gasteiger partial charge in [0.05, 0.1) is 17.6 Å². The first-order chi connectivity index (χ1) is 10.1. The van der Waals surface area contributed by atoms with Gasteiger partial charge in [0.25, 0.3) is 0 Å². The molecule has 0 aromatic carbocycles. The summed E-state index contributed by atoms with van der Waals surface area (Å²) in [6.45, 7) is 3.84. The zero-order valence-corrected chi connectivity index (χ0v) is 12.6. The molecule has 21 heavy (non-hydrogen) atoms. The van der Waals surface area contributed by atoms with Gasteiger partial charge in [-0.2, -0.15) is 5.10 Å². The van der Waals surface area contributed by atoms with Crippen LogP contribution < -0.4 is 5.73 Å². The molecule has 1 amide bonds. The van der Waals surface area contributed by atoms with Crippen LogP contribution in [0.4, 0.5) is 5.69 Å². The topological polar surface area (TPSA) is 75.0 Å². The third-order valence-electron chi connectivity index (χ3n) is 4.85. The van der Waals surface area contributed by atoms with Crippen LogP contribution in [0.25, 0.3) is 0 Å². The smallest absolute Gasteiger partial charge is 0.246 e. The predicted octanol–water partition coefficient (Wildman–Crippen LogP) is 2.44. The number of carbonyl (C=O) groups excluding carboxylic acids is 1. The largest absolute Gasteiger partial charge is 0.396 e. The van der Waals surface area contributed by atoms with Gasteiger partial charge in [0.2, 0.25) is 5.91 Å². The normalized spacial score (nSPS) is 26.1. The number of hydrogen-bond donors (Lipinski definition) is 2. The molecular weight excluding hydrogens is 264 g/mol. The molecule has 1 unspecified atom stereocenters. The van der Waals surface area contributed by atoms with Crippen molar-refractivity contribution in [2.75, 3.05) is 18.8 Å². The Kier molecular flexibility index (Phi) is 3.99. The van der Waals surface area contributed by atoms with E-state index in [9.17, 15) is 4.79 Å². The minimum absolute atomic E-state index is 0.167. The number of H-pyrrole nitrogens is 1. The van der Waals surface area contributed by atoms with Crippen LogP contribution in [0.1, 0.15) is 50.6 Å². The van der Waals surface area contributed by atoms with Crippen molar-refractivity contribution in [3.8, 4) is 0 Å². The fourth-order valence-electron chi connectivity index (χ4n) is 3.37. The van der Waals surface area contributed by atoms with E-state index in [1.54, 1.807) is 6.20 Å². The number of nitrogens with zero attached hydrogens (tertiary/aromatic N) is 2. The number of amides is 1. The van der Waals surface area contributed by atoms with Gasteiger partial charge in [-0.05, 0) is 38.0 Å². The molecule has 0 bridgehead atoms. The molecule has 3 N–H and O–H groups in total. The zero-order valence-electron chi connectivity index (χ0n) is 12.6. The number of aromatic nitrogens is 2. The molecule has 0 radical (unpaired) electrons. The minimum atomic E-state index is 0.167. The molecule has 1 aromatic heterocycles. The lowest BCUT2D eigenvalue weighted by atomic mass is 9.87. The molecule has 114 valence electrons. The molecule has 1 aliphatic heterocycles. The summed E-state index contributed by atoms with van der Waals surface area (Å²) in [6, 6.07) is 0. The highest BCUT2D eigenvalue weighted by Crippen LogP contribution is 2.31. The summed E-state index contributed by atoms with van der Waals surface area (Å²) in [4.78, 5) is 14.3. The van der Waals surface area contributed by atoms with E-state index >= 15 is 0 Å². The van der Waals surface area contributed by atoms with Gasteiger partial charge in [0, 0.05) is 25.1 Å². The van der Waals surface area contributed by atoms with Gasteiger partial charge in [-0.25, -0.2) is 0 Å². The molecule has 2 fully saturated rings. The fourth-order valence-corrected chi connectivity index (χ4v) is 3.37. The van der Waals surface area contributed by atoms with Crippen molar-refractivity contribution < 1.29 is 4.79 Å². The Bertz CT molecular complexity index is 538. The van der Waals surface area contributed by atoms with Crippen LogP contribution in [0, 0.1) is 5.92 Å². The number of rotatable bonds is 2. The van der Waals surface area contributed by atoms with Gasteiger partial charge in [-0.15, -0.1) is 0 Å². The summed E-state index contributed by atoms with van der Waals surface area (Å²) in [7, 11) is 0. The van der Waals surface area contributed by atoms with Gasteiger partial charge in [0.1, 0.15) is 0 Å². The Hall–Kier alpha value is -1.78. The van der Waals surface area contributed by atoms with E-state index in [2.05, 4.69) is 17.1 Å². The number of anilines is 1. The van der Waals surface area contributed by atoms with Crippen molar-refractivity contribution in [3.05, 3.63) is 23.5 Å². The highest BCUT2D eigenvalue weighted by atomic mass is 16.2. The van der Waals surface area contributed by atoms with E-state index in [0.717, 1.165) is 44.0 Å². The van der Waals surface area contributed by atoms with Crippen LogP contribution in [0.3, 0.4) is 0 Å². The maximum atomic E-state index is 12.4. The van der Waals surface area contributed by atoms with Crippen molar-refractivity contribution in [1.82, 2.24) is 15.1 Å². The minimum Gasteiger partial charge on any atom is -0.396 e. The SMILES string of the molecule is CC1CCC(=CC(=O)N2CCC(c3[nH]ncc3N)C2)CC1.